The highest BCUT2D eigenvalue weighted by molar-refractivity contribution is 5.15. The fourth-order valence-corrected chi connectivity index (χ4v) is 3.93. The number of hydrogen-bond donors (Lipinski definition) is 0. The van der Waals surface area contributed by atoms with Gasteiger partial charge in [-0.05, 0) is 43.5 Å². The van der Waals surface area contributed by atoms with Crippen LogP contribution in [0.25, 0.3) is 0 Å². The molecule has 5 nitrogen and oxygen atoms in total. The molecule has 1 atom stereocenters. The van der Waals surface area contributed by atoms with Crippen LogP contribution in [0.2, 0.25) is 0 Å². The molecule has 5 heteroatoms. The minimum Gasteiger partial charge on any atom is -0.465 e. The lowest BCUT2D eigenvalue weighted by molar-refractivity contribution is -0.201. The second kappa shape index (κ2) is 6.90. The number of pyridine rings is 1. The molecule has 0 amide bonds. The smallest absolute Gasteiger partial charge is 0.118 e. The minimum atomic E-state index is -0.0323. The standard InChI is InChI=1S/C20H26N2O3/c1-15-7-17(10-21-9-15)12-23-18-5-6-24-20(8-18)13-22(14-20)11-19-4-3-16(2)25-19/h3-4,7,9-10,18H,5-6,8,11-14H2,1-2H3/t18-/m0/s1. The molecule has 1 spiro atoms. The average molecular weight is 342 g/mol. The molecular formula is C20H26N2O3. The molecule has 0 unspecified atom stereocenters. The van der Waals surface area contributed by atoms with Gasteiger partial charge in [0.1, 0.15) is 11.5 Å². The van der Waals surface area contributed by atoms with Crippen molar-refractivity contribution < 1.29 is 13.9 Å². The molecule has 4 rings (SSSR count). The maximum Gasteiger partial charge on any atom is 0.118 e. The molecule has 2 saturated heterocycles. The van der Waals surface area contributed by atoms with Crippen LogP contribution in [0.3, 0.4) is 0 Å². The molecule has 0 N–H and O–H groups in total. The number of nitrogens with zero attached hydrogens (tertiary/aromatic N) is 2. The molecule has 0 aliphatic carbocycles. The molecule has 4 heterocycles. The predicted octanol–water partition coefficient (Wildman–Crippen LogP) is 3.24. The van der Waals surface area contributed by atoms with Gasteiger partial charge in [-0.25, -0.2) is 0 Å². The van der Waals surface area contributed by atoms with Crippen LogP contribution in [0.5, 0.6) is 0 Å². The zero-order chi connectivity index (χ0) is 17.3. The van der Waals surface area contributed by atoms with E-state index in [-0.39, 0.29) is 11.7 Å². The molecule has 2 aromatic heterocycles. The Morgan fingerprint density at radius 2 is 2.16 bits per heavy atom. The van der Waals surface area contributed by atoms with Crippen LogP contribution in [0.1, 0.15) is 35.5 Å². The first-order valence-corrected chi connectivity index (χ1v) is 9.04. The Kier molecular flexibility index (Phi) is 4.63. The first-order valence-electron chi connectivity index (χ1n) is 9.04. The topological polar surface area (TPSA) is 47.7 Å². The van der Waals surface area contributed by atoms with Gasteiger partial charge in [0.2, 0.25) is 0 Å². The summed E-state index contributed by atoms with van der Waals surface area (Å²) in [6, 6.07) is 6.22. The summed E-state index contributed by atoms with van der Waals surface area (Å²) in [7, 11) is 0. The molecule has 0 radical (unpaired) electrons. The molecule has 2 aliphatic rings. The third-order valence-electron chi connectivity index (χ3n) is 5.06. The Balaban J connectivity index is 1.27. The summed E-state index contributed by atoms with van der Waals surface area (Å²) in [6.07, 6.45) is 5.97. The van der Waals surface area contributed by atoms with E-state index in [0.29, 0.717) is 6.61 Å². The van der Waals surface area contributed by atoms with Crippen molar-refractivity contribution in [3.8, 4) is 0 Å². The first kappa shape index (κ1) is 16.8. The molecular weight excluding hydrogens is 316 g/mol. The summed E-state index contributed by atoms with van der Waals surface area (Å²) < 4.78 is 17.9. The summed E-state index contributed by atoms with van der Waals surface area (Å²) in [4.78, 5) is 6.62. The summed E-state index contributed by atoms with van der Waals surface area (Å²) >= 11 is 0. The van der Waals surface area contributed by atoms with E-state index in [0.717, 1.165) is 56.2 Å². The normalized spacial score (nSPS) is 22.9. The lowest BCUT2D eigenvalue weighted by atomic mass is 9.84. The third-order valence-corrected chi connectivity index (χ3v) is 5.06. The van der Waals surface area contributed by atoms with Crippen molar-refractivity contribution in [2.24, 2.45) is 0 Å². The van der Waals surface area contributed by atoms with E-state index >= 15 is 0 Å². The second-order valence-electron chi connectivity index (χ2n) is 7.49. The molecule has 134 valence electrons. The fourth-order valence-electron chi connectivity index (χ4n) is 3.93. The molecule has 25 heavy (non-hydrogen) atoms. The number of aryl methyl sites for hydroxylation is 2. The Morgan fingerprint density at radius 1 is 1.28 bits per heavy atom. The Bertz CT molecular complexity index is 721. The van der Waals surface area contributed by atoms with Gasteiger partial charge >= 0.3 is 0 Å². The number of hydrogen-bond acceptors (Lipinski definition) is 5. The van der Waals surface area contributed by atoms with Crippen molar-refractivity contribution in [2.75, 3.05) is 19.7 Å². The molecule has 0 aromatic carbocycles. The quantitative estimate of drug-likeness (QED) is 0.835. The van der Waals surface area contributed by atoms with Crippen molar-refractivity contribution in [1.82, 2.24) is 9.88 Å². The molecule has 2 fully saturated rings. The minimum absolute atomic E-state index is 0.0323. The first-order chi connectivity index (χ1) is 12.1. The third kappa shape index (κ3) is 3.94. The largest absolute Gasteiger partial charge is 0.465 e. The van der Waals surface area contributed by atoms with Gasteiger partial charge in [-0.15, -0.1) is 0 Å². The van der Waals surface area contributed by atoms with Gasteiger partial charge in [-0.3, -0.25) is 9.88 Å². The van der Waals surface area contributed by atoms with Crippen LogP contribution >= 0.6 is 0 Å². The van der Waals surface area contributed by atoms with Crippen LogP contribution in [-0.4, -0.2) is 41.3 Å². The Morgan fingerprint density at radius 3 is 2.92 bits per heavy atom. The summed E-state index contributed by atoms with van der Waals surface area (Å²) in [5, 5.41) is 0. The van der Waals surface area contributed by atoms with Crippen molar-refractivity contribution in [1.29, 1.82) is 0 Å². The average Bonchev–Trinajstić information content (AvgIpc) is 2.97. The van der Waals surface area contributed by atoms with Crippen molar-refractivity contribution in [3.63, 3.8) is 0 Å². The monoisotopic (exact) mass is 342 g/mol. The molecule has 0 bridgehead atoms. The van der Waals surface area contributed by atoms with Gasteiger partial charge in [0.15, 0.2) is 0 Å². The number of furan rings is 1. The van der Waals surface area contributed by atoms with E-state index in [4.69, 9.17) is 13.9 Å². The SMILES string of the molecule is Cc1cncc(CO[C@H]2CCOC3(C2)CN(Cc2ccc(C)o2)C3)c1. The van der Waals surface area contributed by atoms with Gasteiger partial charge in [0, 0.05) is 38.5 Å². The lowest BCUT2D eigenvalue weighted by Crippen LogP contribution is -2.65. The van der Waals surface area contributed by atoms with Crippen molar-refractivity contribution in [3.05, 3.63) is 53.2 Å². The zero-order valence-electron chi connectivity index (χ0n) is 15.0. The maximum absolute atomic E-state index is 6.15. The summed E-state index contributed by atoms with van der Waals surface area (Å²) in [6.45, 7) is 8.23. The van der Waals surface area contributed by atoms with Gasteiger partial charge in [0.25, 0.3) is 0 Å². The zero-order valence-corrected chi connectivity index (χ0v) is 15.0. The highest BCUT2D eigenvalue weighted by atomic mass is 16.5. The number of aromatic nitrogens is 1. The predicted molar refractivity (Wildman–Crippen MR) is 94.2 cm³/mol. The fraction of sp³-hybridized carbons (Fsp3) is 0.550. The Labute approximate surface area is 148 Å². The van der Waals surface area contributed by atoms with E-state index in [2.05, 4.69) is 28.9 Å². The van der Waals surface area contributed by atoms with E-state index < -0.39 is 0 Å². The number of rotatable bonds is 5. The van der Waals surface area contributed by atoms with E-state index in [9.17, 15) is 0 Å². The summed E-state index contributed by atoms with van der Waals surface area (Å²) in [5.74, 6) is 2.00. The maximum atomic E-state index is 6.15. The molecule has 2 aliphatic heterocycles. The highest BCUT2D eigenvalue weighted by Gasteiger charge is 2.47. The Hall–Kier alpha value is -1.69. The van der Waals surface area contributed by atoms with Crippen molar-refractivity contribution in [2.45, 2.75) is 51.5 Å². The van der Waals surface area contributed by atoms with Crippen molar-refractivity contribution >= 4 is 0 Å². The molecule has 2 aromatic rings. The van der Waals surface area contributed by atoms with E-state index in [1.54, 1.807) is 0 Å². The van der Waals surface area contributed by atoms with Gasteiger partial charge in [-0.2, -0.15) is 0 Å². The van der Waals surface area contributed by atoms with Crippen LogP contribution in [0, 0.1) is 13.8 Å². The van der Waals surface area contributed by atoms with E-state index in [1.165, 1.54) is 5.56 Å². The van der Waals surface area contributed by atoms with E-state index in [1.807, 2.05) is 25.4 Å². The van der Waals surface area contributed by atoms with Crippen LogP contribution in [0.4, 0.5) is 0 Å². The van der Waals surface area contributed by atoms with Crippen LogP contribution in [-0.2, 0) is 22.6 Å². The summed E-state index contributed by atoms with van der Waals surface area (Å²) in [5.41, 5.74) is 2.28. The lowest BCUT2D eigenvalue weighted by Gasteiger charge is -2.53. The highest BCUT2D eigenvalue weighted by Crippen LogP contribution is 2.36. The molecule has 0 saturated carbocycles. The number of ether oxygens (including phenoxy) is 2. The van der Waals surface area contributed by atoms with Crippen LogP contribution in [0.15, 0.2) is 35.0 Å². The number of likely N-dealkylation sites (tertiary alicyclic amines) is 1. The van der Waals surface area contributed by atoms with Gasteiger partial charge in [0.05, 0.1) is 24.9 Å². The second-order valence-corrected chi connectivity index (χ2v) is 7.49. The van der Waals surface area contributed by atoms with Gasteiger partial charge < -0.3 is 13.9 Å². The van der Waals surface area contributed by atoms with Gasteiger partial charge in [-0.1, -0.05) is 6.07 Å². The van der Waals surface area contributed by atoms with Crippen LogP contribution < -0.4 is 0 Å².